The molecule has 0 saturated heterocycles. The van der Waals surface area contributed by atoms with Gasteiger partial charge in [0.25, 0.3) is 5.97 Å². The van der Waals surface area contributed by atoms with Crippen LogP contribution >= 0.6 is 0 Å². The number of carboxylic acids is 1. The van der Waals surface area contributed by atoms with E-state index in [2.05, 4.69) is 13.2 Å². The number of hydrogen-bond donors (Lipinski definition) is 1. The van der Waals surface area contributed by atoms with Gasteiger partial charge in [0.05, 0.1) is 39.6 Å². The zero-order chi connectivity index (χ0) is 13.4. The molecule has 0 aliphatic carbocycles. The Labute approximate surface area is 103 Å². The van der Waals surface area contributed by atoms with Crippen LogP contribution < -0.4 is 0 Å². The van der Waals surface area contributed by atoms with Crippen LogP contribution in [-0.4, -0.2) is 50.7 Å². The third-order valence-electron chi connectivity index (χ3n) is 1.22. The van der Waals surface area contributed by atoms with E-state index in [1.54, 1.807) is 12.2 Å². The van der Waals surface area contributed by atoms with Gasteiger partial charge >= 0.3 is 0 Å². The van der Waals surface area contributed by atoms with Crippen LogP contribution in [0.2, 0.25) is 0 Å². The molecule has 0 radical (unpaired) electrons. The molecule has 17 heavy (non-hydrogen) atoms. The van der Waals surface area contributed by atoms with Crippen LogP contribution in [0.1, 0.15) is 6.92 Å². The highest BCUT2D eigenvalue weighted by Crippen LogP contribution is 1.81. The fraction of sp³-hybridized carbons (Fsp3) is 0.583. The standard InChI is InChI=1S/C10H18O3.C2H4O2/c1-3-5-11-7-9-13-10-8-12-6-4-2;1-2(3)4/h3-4H,1-2,5-10H2;1H3,(H,3,4). The summed E-state index contributed by atoms with van der Waals surface area (Å²) in [5.41, 5.74) is 0. The summed E-state index contributed by atoms with van der Waals surface area (Å²) in [5.74, 6) is -0.833. The molecule has 0 aliphatic heterocycles. The molecular formula is C12H22O5. The van der Waals surface area contributed by atoms with Gasteiger partial charge in [0, 0.05) is 6.92 Å². The molecule has 0 saturated carbocycles. The van der Waals surface area contributed by atoms with E-state index in [-0.39, 0.29) is 0 Å². The second-order valence-corrected chi connectivity index (χ2v) is 2.86. The van der Waals surface area contributed by atoms with Gasteiger partial charge < -0.3 is 19.3 Å². The lowest BCUT2D eigenvalue weighted by molar-refractivity contribution is -0.134. The number of carbonyl (C=O) groups is 1. The van der Waals surface area contributed by atoms with E-state index >= 15 is 0 Å². The van der Waals surface area contributed by atoms with Crippen molar-refractivity contribution in [1.82, 2.24) is 0 Å². The topological polar surface area (TPSA) is 65.0 Å². The van der Waals surface area contributed by atoms with Gasteiger partial charge in [-0.25, -0.2) is 0 Å². The normalized spacial score (nSPS) is 9.00. The molecule has 0 aromatic heterocycles. The van der Waals surface area contributed by atoms with E-state index < -0.39 is 5.97 Å². The van der Waals surface area contributed by atoms with Crippen LogP contribution in [0.15, 0.2) is 25.3 Å². The molecule has 0 fully saturated rings. The maximum absolute atomic E-state index is 9.00. The smallest absolute Gasteiger partial charge is 0.300 e. The van der Waals surface area contributed by atoms with Crippen molar-refractivity contribution < 1.29 is 24.1 Å². The lowest BCUT2D eigenvalue weighted by Crippen LogP contribution is -2.09. The predicted molar refractivity (Wildman–Crippen MR) is 66.2 cm³/mol. The molecule has 5 heteroatoms. The Morgan fingerprint density at radius 2 is 1.29 bits per heavy atom. The SMILES string of the molecule is C=CCOCCOCCOCC=C.CC(=O)O. The lowest BCUT2D eigenvalue weighted by atomic mass is 10.6. The van der Waals surface area contributed by atoms with Crippen molar-refractivity contribution in [3.63, 3.8) is 0 Å². The number of hydrogen-bond acceptors (Lipinski definition) is 4. The minimum atomic E-state index is -0.833. The summed E-state index contributed by atoms with van der Waals surface area (Å²) >= 11 is 0. The number of aliphatic carboxylic acids is 1. The van der Waals surface area contributed by atoms with Crippen LogP contribution in [0.5, 0.6) is 0 Å². The Balaban J connectivity index is 0. The molecule has 0 aromatic carbocycles. The first kappa shape index (κ1) is 18.2. The van der Waals surface area contributed by atoms with Gasteiger partial charge in [-0.1, -0.05) is 12.2 Å². The zero-order valence-corrected chi connectivity index (χ0v) is 10.4. The first-order valence-electron chi connectivity index (χ1n) is 5.29. The maximum Gasteiger partial charge on any atom is 0.300 e. The molecule has 0 spiro atoms. The molecule has 0 aromatic rings. The Morgan fingerprint density at radius 1 is 1.00 bits per heavy atom. The molecule has 0 amide bonds. The van der Waals surface area contributed by atoms with Gasteiger partial charge in [0.2, 0.25) is 0 Å². The minimum absolute atomic E-state index is 0.580. The second kappa shape index (κ2) is 17.2. The Morgan fingerprint density at radius 3 is 1.59 bits per heavy atom. The van der Waals surface area contributed by atoms with E-state index in [0.717, 1.165) is 6.92 Å². The third-order valence-corrected chi connectivity index (χ3v) is 1.22. The van der Waals surface area contributed by atoms with Crippen molar-refractivity contribution in [3.05, 3.63) is 25.3 Å². The summed E-state index contributed by atoms with van der Waals surface area (Å²) < 4.78 is 15.4. The number of rotatable bonds is 10. The average molecular weight is 246 g/mol. The molecule has 0 atom stereocenters. The van der Waals surface area contributed by atoms with Crippen molar-refractivity contribution in [2.45, 2.75) is 6.92 Å². The largest absolute Gasteiger partial charge is 0.481 e. The van der Waals surface area contributed by atoms with Crippen molar-refractivity contribution in [2.24, 2.45) is 0 Å². The van der Waals surface area contributed by atoms with Crippen LogP contribution in [0.3, 0.4) is 0 Å². The second-order valence-electron chi connectivity index (χ2n) is 2.86. The van der Waals surface area contributed by atoms with Crippen LogP contribution in [0.4, 0.5) is 0 Å². The zero-order valence-electron chi connectivity index (χ0n) is 10.4. The van der Waals surface area contributed by atoms with Gasteiger partial charge in [0.1, 0.15) is 0 Å². The fourth-order valence-corrected chi connectivity index (χ4v) is 0.671. The lowest BCUT2D eigenvalue weighted by Gasteiger charge is -2.04. The van der Waals surface area contributed by atoms with E-state index in [9.17, 15) is 0 Å². The summed E-state index contributed by atoms with van der Waals surface area (Å²) in [6.45, 7) is 11.7. The first-order chi connectivity index (χ1) is 8.15. The number of ether oxygens (including phenoxy) is 3. The Kier molecular flexibility index (Phi) is 18.5. The Bertz CT molecular complexity index is 173. The van der Waals surface area contributed by atoms with Crippen LogP contribution in [0, 0.1) is 0 Å². The van der Waals surface area contributed by atoms with E-state index in [1.165, 1.54) is 0 Å². The first-order valence-corrected chi connectivity index (χ1v) is 5.29. The van der Waals surface area contributed by atoms with Gasteiger partial charge in [-0.2, -0.15) is 0 Å². The minimum Gasteiger partial charge on any atom is -0.481 e. The summed E-state index contributed by atoms with van der Waals surface area (Å²) in [7, 11) is 0. The molecule has 0 bridgehead atoms. The van der Waals surface area contributed by atoms with Crippen molar-refractivity contribution in [1.29, 1.82) is 0 Å². The summed E-state index contributed by atoms with van der Waals surface area (Å²) in [5, 5.41) is 7.42. The summed E-state index contributed by atoms with van der Waals surface area (Å²) in [6, 6.07) is 0. The maximum atomic E-state index is 9.00. The molecule has 100 valence electrons. The molecule has 0 aliphatic rings. The monoisotopic (exact) mass is 246 g/mol. The third kappa shape index (κ3) is 31.3. The van der Waals surface area contributed by atoms with E-state index in [1.807, 2.05) is 0 Å². The van der Waals surface area contributed by atoms with Gasteiger partial charge in [-0.15, -0.1) is 13.2 Å². The summed E-state index contributed by atoms with van der Waals surface area (Å²) in [4.78, 5) is 9.00. The van der Waals surface area contributed by atoms with E-state index in [0.29, 0.717) is 39.6 Å². The highest BCUT2D eigenvalue weighted by Gasteiger charge is 1.88. The summed E-state index contributed by atoms with van der Waals surface area (Å²) in [6.07, 6.45) is 3.43. The molecule has 0 unspecified atom stereocenters. The molecule has 0 heterocycles. The number of carboxylic acid groups (broad SMARTS) is 1. The Hall–Kier alpha value is -1.17. The van der Waals surface area contributed by atoms with Crippen LogP contribution in [0.25, 0.3) is 0 Å². The molecule has 1 N–H and O–H groups in total. The predicted octanol–water partition coefficient (Wildman–Crippen LogP) is 1.50. The highest BCUT2D eigenvalue weighted by atomic mass is 16.5. The van der Waals surface area contributed by atoms with Crippen LogP contribution in [-0.2, 0) is 19.0 Å². The van der Waals surface area contributed by atoms with Gasteiger partial charge in [0.15, 0.2) is 0 Å². The van der Waals surface area contributed by atoms with Crippen molar-refractivity contribution >= 4 is 5.97 Å². The quantitative estimate of drug-likeness (QED) is 0.467. The average Bonchev–Trinajstić information content (AvgIpc) is 2.26. The van der Waals surface area contributed by atoms with Gasteiger partial charge in [-0.05, 0) is 0 Å². The fourth-order valence-electron chi connectivity index (χ4n) is 0.671. The van der Waals surface area contributed by atoms with Gasteiger partial charge in [-0.3, -0.25) is 4.79 Å². The molecule has 5 nitrogen and oxygen atoms in total. The van der Waals surface area contributed by atoms with Crippen molar-refractivity contribution in [2.75, 3.05) is 39.6 Å². The molecular weight excluding hydrogens is 224 g/mol. The highest BCUT2D eigenvalue weighted by molar-refractivity contribution is 5.62. The van der Waals surface area contributed by atoms with E-state index in [4.69, 9.17) is 24.1 Å². The molecule has 0 rings (SSSR count). The van der Waals surface area contributed by atoms with Crippen molar-refractivity contribution in [3.8, 4) is 0 Å².